The lowest BCUT2D eigenvalue weighted by atomic mass is 9.76. The van der Waals surface area contributed by atoms with E-state index in [9.17, 15) is 13.2 Å². The molecule has 0 saturated heterocycles. The monoisotopic (exact) mass is 311 g/mol. The molecule has 2 atom stereocenters. The summed E-state index contributed by atoms with van der Waals surface area (Å²) in [4.78, 5) is 12.3. The molecule has 1 aliphatic rings. The van der Waals surface area contributed by atoms with Crippen LogP contribution in [-0.4, -0.2) is 19.9 Å². The van der Waals surface area contributed by atoms with E-state index in [1.54, 1.807) is 0 Å². The van der Waals surface area contributed by atoms with E-state index in [0.717, 1.165) is 12.8 Å². The van der Waals surface area contributed by atoms with Crippen molar-refractivity contribution in [3.63, 3.8) is 0 Å². The van der Waals surface area contributed by atoms with Crippen LogP contribution in [0.25, 0.3) is 0 Å². The zero-order valence-corrected chi connectivity index (χ0v) is 12.8. The van der Waals surface area contributed by atoms with Crippen LogP contribution in [-0.2, 0) is 14.8 Å². The molecule has 0 bridgehead atoms. The van der Waals surface area contributed by atoms with Crippen LogP contribution in [0.3, 0.4) is 0 Å². The number of hydrogen-bond donors (Lipinski definition) is 3. The molecule has 5 N–H and O–H groups in total. The zero-order chi connectivity index (χ0) is 15.7. The van der Waals surface area contributed by atoms with Gasteiger partial charge in [0.15, 0.2) is 0 Å². The summed E-state index contributed by atoms with van der Waals surface area (Å²) in [5, 5.41) is 7.78. The number of sulfonamides is 1. The van der Waals surface area contributed by atoms with Crippen LogP contribution in [0.4, 0.5) is 5.69 Å². The fourth-order valence-electron chi connectivity index (χ4n) is 2.78. The van der Waals surface area contributed by atoms with Crippen molar-refractivity contribution < 1.29 is 13.2 Å². The summed E-state index contributed by atoms with van der Waals surface area (Å²) in [5.74, 6) is 0.205. The van der Waals surface area contributed by atoms with Crippen LogP contribution in [0.15, 0.2) is 29.2 Å². The van der Waals surface area contributed by atoms with Gasteiger partial charge in [0.05, 0.1) is 10.4 Å². The molecule has 21 heavy (non-hydrogen) atoms. The molecule has 116 valence electrons. The molecule has 1 saturated carbocycles. The Kier molecular flexibility index (Phi) is 4.36. The highest BCUT2D eigenvalue weighted by molar-refractivity contribution is 7.89. The molecule has 1 aromatic rings. The number of anilines is 1. The van der Waals surface area contributed by atoms with Crippen molar-refractivity contribution in [2.24, 2.45) is 16.8 Å². The van der Waals surface area contributed by atoms with E-state index in [-0.39, 0.29) is 10.8 Å². The second-order valence-corrected chi connectivity index (χ2v) is 7.44. The highest BCUT2D eigenvalue weighted by atomic mass is 32.2. The molecular formula is C14H21N3O3S. The summed E-state index contributed by atoms with van der Waals surface area (Å²) < 4.78 is 22.3. The summed E-state index contributed by atoms with van der Waals surface area (Å²) in [6.07, 6.45) is 3.36. The predicted octanol–water partition coefficient (Wildman–Crippen LogP) is 1.18. The topological polar surface area (TPSA) is 115 Å². The maximum absolute atomic E-state index is 12.3. The Morgan fingerprint density at radius 3 is 2.48 bits per heavy atom. The largest absolute Gasteiger partial charge is 0.324 e. The zero-order valence-electron chi connectivity index (χ0n) is 12.0. The smallest absolute Gasteiger partial charge is 0.244 e. The van der Waals surface area contributed by atoms with Crippen LogP contribution in [0.2, 0.25) is 0 Å². The van der Waals surface area contributed by atoms with Crippen molar-refractivity contribution in [1.29, 1.82) is 0 Å². The Morgan fingerprint density at radius 1 is 1.33 bits per heavy atom. The van der Waals surface area contributed by atoms with Gasteiger partial charge in [0.25, 0.3) is 0 Å². The Bertz CT molecular complexity index is 627. The van der Waals surface area contributed by atoms with Crippen molar-refractivity contribution >= 4 is 21.6 Å². The number of nitrogens with one attached hydrogen (secondary N) is 1. The molecule has 1 aliphatic carbocycles. The minimum Gasteiger partial charge on any atom is -0.324 e. The SMILES string of the molecule is CC1CCCC(N)(C(=O)Nc2ccc(S(N)(=O)=O)cc2)C1. The normalized spacial score (nSPS) is 26.3. The van der Waals surface area contributed by atoms with Crippen LogP contribution >= 0.6 is 0 Å². The lowest BCUT2D eigenvalue weighted by Crippen LogP contribution is -2.53. The summed E-state index contributed by atoms with van der Waals surface area (Å²) in [5.41, 5.74) is 5.87. The molecule has 0 aromatic heterocycles. The molecule has 7 heteroatoms. The quantitative estimate of drug-likeness (QED) is 0.777. The number of rotatable bonds is 3. The molecule has 1 aromatic carbocycles. The van der Waals surface area contributed by atoms with Gasteiger partial charge in [-0.2, -0.15) is 0 Å². The minimum atomic E-state index is -3.73. The molecule has 0 heterocycles. The summed E-state index contributed by atoms with van der Waals surface area (Å²) in [7, 11) is -3.73. The molecule has 2 unspecified atom stereocenters. The molecule has 0 spiro atoms. The van der Waals surface area contributed by atoms with Gasteiger partial charge in [-0.15, -0.1) is 0 Å². The Labute approximate surface area is 124 Å². The number of benzene rings is 1. The first kappa shape index (κ1) is 15.9. The molecule has 0 radical (unpaired) electrons. The van der Waals surface area contributed by atoms with Gasteiger partial charge in [0, 0.05) is 5.69 Å². The third-order valence-corrected chi connectivity index (χ3v) is 4.85. The second kappa shape index (κ2) is 5.75. The van der Waals surface area contributed by atoms with E-state index in [1.807, 2.05) is 0 Å². The van der Waals surface area contributed by atoms with E-state index in [1.165, 1.54) is 24.3 Å². The van der Waals surface area contributed by atoms with E-state index < -0.39 is 15.6 Å². The summed E-state index contributed by atoms with van der Waals surface area (Å²) in [6.45, 7) is 2.09. The van der Waals surface area contributed by atoms with Crippen molar-refractivity contribution in [3.05, 3.63) is 24.3 Å². The Hall–Kier alpha value is -1.44. The number of amides is 1. The third kappa shape index (κ3) is 3.81. The number of primary sulfonamides is 1. The van der Waals surface area contributed by atoms with Crippen molar-refractivity contribution in [2.75, 3.05) is 5.32 Å². The standard InChI is InChI=1S/C14H21N3O3S/c1-10-3-2-8-14(15,9-10)13(18)17-11-4-6-12(7-5-11)21(16,19)20/h4-7,10H,2-3,8-9,15H2,1H3,(H,17,18)(H2,16,19,20). The Morgan fingerprint density at radius 2 is 1.95 bits per heavy atom. The molecular weight excluding hydrogens is 290 g/mol. The molecule has 1 amide bonds. The first-order valence-electron chi connectivity index (χ1n) is 6.94. The number of carbonyl (C=O) groups is 1. The van der Waals surface area contributed by atoms with Gasteiger partial charge >= 0.3 is 0 Å². The minimum absolute atomic E-state index is 0.00856. The lowest BCUT2D eigenvalue weighted by molar-refractivity contribution is -0.122. The number of nitrogens with two attached hydrogens (primary N) is 2. The van der Waals surface area contributed by atoms with Crippen molar-refractivity contribution in [2.45, 2.75) is 43.0 Å². The number of carbonyl (C=O) groups excluding carboxylic acids is 1. The van der Waals surface area contributed by atoms with Gasteiger partial charge in [0.2, 0.25) is 15.9 Å². The third-order valence-electron chi connectivity index (χ3n) is 3.93. The van der Waals surface area contributed by atoms with Crippen molar-refractivity contribution in [3.8, 4) is 0 Å². The maximum Gasteiger partial charge on any atom is 0.244 e. The first-order chi connectivity index (χ1) is 9.71. The van der Waals surface area contributed by atoms with Crippen molar-refractivity contribution in [1.82, 2.24) is 0 Å². The molecule has 2 rings (SSSR count). The average Bonchev–Trinajstić information content (AvgIpc) is 2.38. The lowest BCUT2D eigenvalue weighted by Gasteiger charge is -2.35. The first-order valence-corrected chi connectivity index (χ1v) is 8.48. The van der Waals surface area contributed by atoms with E-state index in [0.29, 0.717) is 24.4 Å². The van der Waals surface area contributed by atoms with Crippen LogP contribution < -0.4 is 16.2 Å². The maximum atomic E-state index is 12.3. The highest BCUT2D eigenvalue weighted by Gasteiger charge is 2.37. The van der Waals surface area contributed by atoms with Gasteiger partial charge in [-0.25, -0.2) is 13.6 Å². The molecule has 6 nitrogen and oxygen atoms in total. The molecule has 0 aliphatic heterocycles. The van der Waals surface area contributed by atoms with E-state index in [2.05, 4.69) is 12.2 Å². The summed E-state index contributed by atoms with van der Waals surface area (Å²) >= 11 is 0. The van der Waals surface area contributed by atoms with Gasteiger partial charge in [-0.1, -0.05) is 19.8 Å². The van der Waals surface area contributed by atoms with E-state index >= 15 is 0 Å². The fourth-order valence-corrected chi connectivity index (χ4v) is 3.30. The molecule has 1 fully saturated rings. The fraction of sp³-hybridized carbons (Fsp3) is 0.500. The van der Waals surface area contributed by atoms with Gasteiger partial charge in [0.1, 0.15) is 0 Å². The Balaban J connectivity index is 2.09. The van der Waals surface area contributed by atoms with Crippen LogP contribution in [0, 0.1) is 5.92 Å². The van der Waals surface area contributed by atoms with Crippen LogP contribution in [0.1, 0.15) is 32.6 Å². The highest BCUT2D eigenvalue weighted by Crippen LogP contribution is 2.31. The van der Waals surface area contributed by atoms with Crippen LogP contribution in [0.5, 0.6) is 0 Å². The predicted molar refractivity (Wildman–Crippen MR) is 81.0 cm³/mol. The second-order valence-electron chi connectivity index (χ2n) is 5.88. The van der Waals surface area contributed by atoms with E-state index in [4.69, 9.17) is 10.9 Å². The van der Waals surface area contributed by atoms with Gasteiger partial charge in [-0.3, -0.25) is 4.79 Å². The number of hydrogen-bond acceptors (Lipinski definition) is 4. The van der Waals surface area contributed by atoms with Gasteiger partial charge < -0.3 is 11.1 Å². The summed E-state index contributed by atoms with van der Waals surface area (Å²) in [6, 6.07) is 5.73. The van der Waals surface area contributed by atoms with Gasteiger partial charge in [-0.05, 0) is 43.0 Å². The average molecular weight is 311 g/mol.